The summed E-state index contributed by atoms with van der Waals surface area (Å²) >= 11 is 0. The fraction of sp³-hybridized carbons (Fsp3) is 0.462. The minimum Gasteiger partial charge on any atom is -0.398 e. The van der Waals surface area contributed by atoms with E-state index >= 15 is 0 Å². The van der Waals surface area contributed by atoms with Crippen molar-refractivity contribution in [3.63, 3.8) is 0 Å². The number of nitrogen functional groups attached to an aromatic ring is 1. The molecule has 3 heteroatoms. The predicted molar refractivity (Wildman–Crippen MR) is 65.2 cm³/mol. The third kappa shape index (κ3) is 2.18. The second-order valence-corrected chi connectivity index (χ2v) is 4.72. The van der Waals surface area contributed by atoms with Crippen LogP contribution in [0, 0.1) is 18.8 Å². The Bertz CT molecular complexity index is 414. The van der Waals surface area contributed by atoms with Crippen LogP contribution in [0.25, 0.3) is 0 Å². The average Bonchev–Trinajstić information content (AvgIpc) is 2.95. The van der Waals surface area contributed by atoms with Crippen LogP contribution >= 0.6 is 0 Å². The molecule has 2 rings (SSSR count). The Morgan fingerprint density at radius 3 is 2.88 bits per heavy atom. The highest BCUT2D eigenvalue weighted by molar-refractivity contribution is 5.99. The van der Waals surface area contributed by atoms with Crippen LogP contribution in [0.15, 0.2) is 18.2 Å². The van der Waals surface area contributed by atoms with Crippen molar-refractivity contribution in [3.8, 4) is 0 Å². The Morgan fingerprint density at radius 2 is 2.25 bits per heavy atom. The van der Waals surface area contributed by atoms with Crippen LogP contribution in [0.5, 0.6) is 0 Å². The number of anilines is 1. The number of amides is 1. The van der Waals surface area contributed by atoms with E-state index < -0.39 is 0 Å². The molecule has 1 aliphatic rings. The van der Waals surface area contributed by atoms with Gasteiger partial charge < -0.3 is 11.1 Å². The van der Waals surface area contributed by atoms with Gasteiger partial charge >= 0.3 is 0 Å². The van der Waals surface area contributed by atoms with E-state index in [4.69, 9.17) is 5.73 Å². The molecule has 2 atom stereocenters. The molecule has 1 aliphatic carbocycles. The number of carbonyl (C=O) groups is 1. The minimum absolute atomic E-state index is 0.0553. The van der Waals surface area contributed by atoms with Crippen LogP contribution in [0.2, 0.25) is 0 Å². The number of carbonyl (C=O) groups excluding carboxylic acids is 1. The highest BCUT2D eigenvalue weighted by atomic mass is 16.1. The van der Waals surface area contributed by atoms with E-state index in [2.05, 4.69) is 12.2 Å². The Hall–Kier alpha value is -1.51. The standard InChI is InChI=1S/C13H18N2O/c1-8-4-3-5-11(12(8)14)13(16)15-7-10-6-9(10)2/h3-5,9-10H,6-7,14H2,1-2H3,(H,15,16). The van der Waals surface area contributed by atoms with Crippen molar-refractivity contribution < 1.29 is 4.79 Å². The van der Waals surface area contributed by atoms with Gasteiger partial charge in [-0.25, -0.2) is 0 Å². The Labute approximate surface area is 96.0 Å². The lowest BCUT2D eigenvalue weighted by Crippen LogP contribution is -2.26. The number of aryl methyl sites for hydroxylation is 1. The quantitative estimate of drug-likeness (QED) is 0.762. The average molecular weight is 218 g/mol. The molecule has 1 saturated carbocycles. The molecule has 1 amide bonds. The summed E-state index contributed by atoms with van der Waals surface area (Å²) in [6.45, 7) is 4.89. The van der Waals surface area contributed by atoms with Crippen LogP contribution in [0.1, 0.15) is 29.3 Å². The van der Waals surface area contributed by atoms with E-state index in [0.29, 0.717) is 17.2 Å². The fourth-order valence-corrected chi connectivity index (χ4v) is 1.88. The maximum absolute atomic E-state index is 11.9. The normalized spacial score (nSPS) is 22.9. The summed E-state index contributed by atoms with van der Waals surface area (Å²) in [7, 11) is 0. The molecule has 0 saturated heterocycles. The number of hydrogen-bond donors (Lipinski definition) is 2. The largest absolute Gasteiger partial charge is 0.398 e. The number of hydrogen-bond acceptors (Lipinski definition) is 2. The van der Waals surface area contributed by atoms with Crippen LogP contribution in [-0.2, 0) is 0 Å². The van der Waals surface area contributed by atoms with Crippen LogP contribution in [0.4, 0.5) is 5.69 Å². The number of nitrogens with one attached hydrogen (secondary N) is 1. The van der Waals surface area contributed by atoms with Crippen molar-refractivity contribution in [2.75, 3.05) is 12.3 Å². The van der Waals surface area contributed by atoms with Gasteiger partial charge in [-0.3, -0.25) is 4.79 Å². The second-order valence-electron chi connectivity index (χ2n) is 4.72. The van der Waals surface area contributed by atoms with Gasteiger partial charge in [0.2, 0.25) is 0 Å². The zero-order valence-corrected chi connectivity index (χ0v) is 9.79. The first-order valence-corrected chi connectivity index (χ1v) is 5.73. The molecular weight excluding hydrogens is 200 g/mol. The van der Waals surface area contributed by atoms with Crippen molar-refractivity contribution in [1.82, 2.24) is 5.32 Å². The summed E-state index contributed by atoms with van der Waals surface area (Å²) in [5.74, 6) is 1.37. The maximum Gasteiger partial charge on any atom is 0.253 e. The molecule has 86 valence electrons. The smallest absolute Gasteiger partial charge is 0.253 e. The molecule has 1 aromatic rings. The summed E-state index contributed by atoms with van der Waals surface area (Å²) in [6.07, 6.45) is 1.23. The van der Waals surface area contributed by atoms with Gasteiger partial charge in [0.15, 0.2) is 0 Å². The lowest BCUT2D eigenvalue weighted by atomic mass is 10.1. The first-order chi connectivity index (χ1) is 7.59. The van der Waals surface area contributed by atoms with Gasteiger partial charge in [0, 0.05) is 12.2 Å². The van der Waals surface area contributed by atoms with Crippen LogP contribution < -0.4 is 11.1 Å². The zero-order valence-electron chi connectivity index (χ0n) is 9.79. The zero-order chi connectivity index (χ0) is 11.7. The Kier molecular flexibility index (Phi) is 2.86. The van der Waals surface area contributed by atoms with Gasteiger partial charge in [0.05, 0.1) is 5.56 Å². The monoisotopic (exact) mass is 218 g/mol. The van der Waals surface area contributed by atoms with Crippen molar-refractivity contribution in [3.05, 3.63) is 29.3 Å². The molecule has 0 bridgehead atoms. The SMILES string of the molecule is Cc1cccc(C(=O)NCC2CC2C)c1N. The first kappa shape index (κ1) is 11.0. The molecule has 2 unspecified atom stereocenters. The van der Waals surface area contributed by atoms with Gasteiger partial charge in [-0.15, -0.1) is 0 Å². The summed E-state index contributed by atoms with van der Waals surface area (Å²) in [5, 5.41) is 2.94. The first-order valence-electron chi connectivity index (χ1n) is 5.73. The number of rotatable bonds is 3. The van der Waals surface area contributed by atoms with Gasteiger partial charge in [-0.1, -0.05) is 19.1 Å². The summed E-state index contributed by atoms with van der Waals surface area (Å²) < 4.78 is 0. The van der Waals surface area contributed by atoms with Crippen LogP contribution in [0.3, 0.4) is 0 Å². The van der Waals surface area contributed by atoms with Crippen molar-refractivity contribution in [2.45, 2.75) is 20.3 Å². The molecule has 1 fully saturated rings. The molecule has 0 aromatic heterocycles. The van der Waals surface area contributed by atoms with Crippen molar-refractivity contribution in [2.24, 2.45) is 11.8 Å². The number of nitrogens with two attached hydrogens (primary N) is 1. The van der Waals surface area contributed by atoms with Gasteiger partial charge in [0.25, 0.3) is 5.91 Å². The molecule has 0 aliphatic heterocycles. The topological polar surface area (TPSA) is 55.1 Å². The van der Waals surface area contributed by atoms with E-state index in [1.165, 1.54) is 6.42 Å². The molecule has 0 heterocycles. The summed E-state index contributed by atoms with van der Waals surface area (Å²) in [6, 6.07) is 5.55. The highest BCUT2D eigenvalue weighted by Crippen LogP contribution is 2.36. The van der Waals surface area contributed by atoms with Gasteiger partial charge in [-0.05, 0) is 36.8 Å². The van der Waals surface area contributed by atoms with Crippen LogP contribution in [-0.4, -0.2) is 12.5 Å². The molecule has 0 spiro atoms. The lowest BCUT2D eigenvalue weighted by molar-refractivity contribution is 0.0952. The molecule has 3 N–H and O–H groups in total. The Balaban J connectivity index is 2.00. The molecule has 0 radical (unpaired) electrons. The van der Waals surface area contributed by atoms with Crippen molar-refractivity contribution in [1.29, 1.82) is 0 Å². The van der Waals surface area contributed by atoms with E-state index in [1.807, 2.05) is 19.1 Å². The van der Waals surface area contributed by atoms with E-state index in [-0.39, 0.29) is 5.91 Å². The van der Waals surface area contributed by atoms with E-state index in [1.54, 1.807) is 6.07 Å². The fourth-order valence-electron chi connectivity index (χ4n) is 1.88. The second kappa shape index (κ2) is 4.16. The lowest BCUT2D eigenvalue weighted by Gasteiger charge is -2.08. The molecule has 1 aromatic carbocycles. The summed E-state index contributed by atoms with van der Waals surface area (Å²) in [5.41, 5.74) is 8.00. The predicted octanol–water partition coefficient (Wildman–Crippen LogP) is 1.96. The number of para-hydroxylation sites is 1. The van der Waals surface area contributed by atoms with Gasteiger partial charge in [0.1, 0.15) is 0 Å². The summed E-state index contributed by atoms with van der Waals surface area (Å²) in [4.78, 5) is 11.9. The van der Waals surface area contributed by atoms with E-state index in [9.17, 15) is 4.79 Å². The minimum atomic E-state index is -0.0553. The molecule has 16 heavy (non-hydrogen) atoms. The molecular formula is C13H18N2O. The maximum atomic E-state index is 11.9. The Morgan fingerprint density at radius 1 is 1.56 bits per heavy atom. The van der Waals surface area contributed by atoms with Crippen molar-refractivity contribution >= 4 is 11.6 Å². The number of benzene rings is 1. The third-order valence-corrected chi connectivity index (χ3v) is 3.37. The third-order valence-electron chi connectivity index (χ3n) is 3.37. The highest BCUT2D eigenvalue weighted by Gasteiger charge is 2.32. The van der Waals surface area contributed by atoms with E-state index in [0.717, 1.165) is 18.0 Å². The van der Waals surface area contributed by atoms with Gasteiger partial charge in [-0.2, -0.15) is 0 Å². The molecule has 3 nitrogen and oxygen atoms in total.